The van der Waals surface area contributed by atoms with E-state index >= 15 is 0 Å². The minimum Gasteiger partial charge on any atom is -0.497 e. The molecule has 0 aromatic heterocycles. The highest BCUT2D eigenvalue weighted by molar-refractivity contribution is 7.89. The van der Waals surface area contributed by atoms with Gasteiger partial charge in [0, 0.05) is 24.9 Å². The fourth-order valence-electron chi connectivity index (χ4n) is 7.15. The number of alkyl carbamates (subject to hydrolysis) is 1. The quantitative estimate of drug-likeness (QED) is 0.344. The standard InChI is InChI=1S/C34H48N2O8S/c1-22(2)20-36(45(39,40)25-13-11-24(41-5)12-14-25)21-28(37)27(17-23-9-7-6-8-10-23)35-33(38)44-30-19-34(3,4)18-29-31(30)26-15-16-42-32(26)43-29/h6-14,22,26-32,37H,15-21H2,1-5H3,(H,35,38)/t26-,27-,28+,29-,30+,31-,32+/m0/s1. The van der Waals surface area contributed by atoms with Crippen LogP contribution in [-0.2, 0) is 30.7 Å². The topological polar surface area (TPSA) is 124 Å². The third kappa shape index (κ3) is 8.00. The number of nitrogens with zero attached hydrogens (tertiary/aromatic N) is 1. The van der Waals surface area contributed by atoms with Gasteiger partial charge in [-0.1, -0.05) is 58.0 Å². The first-order chi connectivity index (χ1) is 21.4. The lowest BCUT2D eigenvalue weighted by Crippen LogP contribution is -2.53. The van der Waals surface area contributed by atoms with Crippen molar-refractivity contribution in [3.8, 4) is 5.75 Å². The van der Waals surface area contributed by atoms with Crippen LogP contribution in [0.4, 0.5) is 4.79 Å². The van der Waals surface area contributed by atoms with Crippen molar-refractivity contribution < 1.29 is 37.3 Å². The fourth-order valence-corrected chi connectivity index (χ4v) is 8.77. The molecule has 0 unspecified atom stereocenters. The minimum absolute atomic E-state index is 0.00431. The maximum atomic E-state index is 13.8. The molecular formula is C34H48N2O8S. The van der Waals surface area contributed by atoms with Crippen molar-refractivity contribution in [3.05, 3.63) is 60.2 Å². The molecule has 1 saturated carbocycles. The SMILES string of the molecule is COc1ccc(S(=O)(=O)N(CC(C)C)C[C@@H](O)[C@H](Cc2ccccc2)NC(=O)O[C@@H]2CC(C)(C)C[C@@H]3O[C@H]4OCC[C@H]4[C@@H]32)cc1. The molecular weight excluding hydrogens is 596 g/mol. The average Bonchev–Trinajstić information content (AvgIpc) is 3.57. The summed E-state index contributed by atoms with van der Waals surface area (Å²) < 4.78 is 52.2. The molecule has 0 bridgehead atoms. The maximum Gasteiger partial charge on any atom is 0.407 e. The van der Waals surface area contributed by atoms with Crippen molar-refractivity contribution in [1.82, 2.24) is 9.62 Å². The summed E-state index contributed by atoms with van der Waals surface area (Å²) in [7, 11) is -2.44. The molecule has 5 rings (SSSR count). The molecule has 2 aromatic carbocycles. The number of hydrogen-bond donors (Lipinski definition) is 2. The minimum atomic E-state index is -3.96. The molecule has 248 valence electrons. The summed E-state index contributed by atoms with van der Waals surface area (Å²) in [5.74, 6) is 0.769. The average molecular weight is 645 g/mol. The van der Waals surface area contributed by atoms with Crippen LogP contribution in [0.1, 0.15) is 52.5 Å². The van der Waals surface area contributed by atoms with Crippen molar-refractivity contribution in [2.75, 3.05) is 26.8 Å². The second kappa shape index (κ2) is 14.0. The third-order valence-corrected chi connectivity index (χ3v) is 11.1. The van der Waals surface area contributed by atoms with Gasteiger partial charge in [0.15, 0.2) is 6.29 Å². The van der Waals surface area contributed by atoms with Crippen LogP contribution in [0.3, 0.4) is 0 Å². The smallest absolute Gasteiger partial charge is 0.407 e. The van der Waals surface area contributed by atoms with Crippen molar-refractivity contribution in [2.45, 2.75) is 88.9 Å². The van der Waals surface area contributed by atoms with Crippen LogP contribution >= 0.6 is 0 Å². The Hall–Kier alpha value is -2.70. The molecule has 7 atom stereocenters. The van der Waals surface area contributed by atoms with E-state index < -0.39 is 28.3 Å². The molecule has 45 heavy (non-hydrogen) atoms. The van der Waals surface area contributed by atoms with Gasteiger partial charge in [-0.15, -0.1) is 0 Å². The summed E-state index contributed by atoms with van der Waals surface area (Å²) in [4.78, 5) is 13.7. The lowest BCUT2D eigenvalue weighted by molar-refractivity contribution is -0.136. The Morgan fingerprint density at radius 1 is 1.09 bits per heavy atom. The van der Waals surface area contributed by atoms with Crippen LogP contribution in [0.15, 0.2) is 59.5 Å². The Bertz CT molecular complexity index is 1380. The maximum absolute atomic E-state index is 13.8. The van der Waals surface area contributed by atoms with Gasteiger partial charge in [-0.25, -0.2) is 13.2 Å². The summed E-state index contributed by atoms with van der Waals surface area (Å²) in [6.45, 7) is 8.78. The van der Waals surface area contributed by atoms with Crippen LogP contribution in [-0.4, -0.2) is 81.4 Å². The summed E-state index contributed by atoms with van der Waals surface area (Å²) >= 11 is 0. The van der Waals surface area contributed by atoms with Gasteiger partial charge in [-0.2, -0.15) is 4.31 Å². The van der Waals surface area contributed by atoms with E-state index in [1.54, 1.807) is 12.1 Å². The number of carbonyl (C=O) groups is 1. The van der Waals surface area contributed by atoms with Gasteiger partial charge in [0.25, 0.3) is 0 Å². The molecule has 2 heterocycles. The van der Waals surface area contributed by atoms with E-state index in [4.69, 9.17) is 18.9 Å². The highest BCUT2D eigenvalue weighted by Crippen LogP contribution is 2.52. The number of fused-ring (bicyclic) bond motifs is 3. The molecule has 11 heteroatoms. The molecule has 1 amide bonds. The fraction of sp³-hybridized carbons (Fsp3) is 0.618. The van der Waals surface area contributed by atoms with Gasteiger partial charge in [0.1, 0.15) is 11.9 Å². The van der Waals surface area contributed by atoms with E-state index in [1.165, 1.54) is 23.5 Å². The molecule has 0 spiro atoms. The Labute approximate surface area is 267 Å². The highest BCUT2D eigenvalue weighted by Gasteiger charge is 2.56. The lowest BCUT2D eigenvalue weighted by atomic mass is 9.67. The van der Waals surface area contributed by atoms with E-state index in [0.29, 0.717) is 25.2 Å². The zero-order valence-electron chi connectivity index (χ0n) is 26.9. The first kappa shape index (κ1) is 33.7. The van der Waals surface area contributed by atoms with Crippen LogP contribution in [0.2, 0.25) is 0 Å². The van der Waals surface area contributed by atoms with Crippen LogP contribution in [0.5, 0.6) is 5.75 Å². The second-order valence-electron chi connectivity index (χ2n) is 13.9. The van der Waals surface area contributed by atoms with Crippen molar-refractivity contribution in [2.24, 2.45) is 23.2 Å². The Morgan fingerprint density at radius 3 is 2.47 bits per heavy atom. The number of aliphatic hydroxyl groups excluding tert-OH is 1. The zero-order chi connectivity index (χ0) is 32.4. The number of methoxy groups -OCH3 is 1. The number of hydrogen-bond acceptors (Lipinski definition) is 8. The largest absolute Gasteiger partial charge is 0.497 e. The van der Waals surface area contributed by atoms with Gasteiger partial charge >= 0.3 is 6.09 Å². The van der Waals surface area contributed by atoms with E-state index in [-0.39, 0.29) is 59.7 Å². The second-order valence-corrected chi connectivity index (χ2v) is 15.8. The normalized spacial score (nSPS) is 27.1. The van der Waals surface area contributed by atoms with Gasteiger partial charge in [0.05, 0.1) is 36.9 Å². The van der Waals surface area contributed by atoms with Gasteiger partial charge < -0.3 is 29.4 Å². The van der Waals surface area contributed by atoms with Crippen molar-refractivity contribution in [1.29, 1.82) is 0 Å². The monoisotopic (exact) mass is 644 g/mol. The van der Waals surface area contributed by atoms with Crippen LogP contribution < -0.4 is 10.1 Å². The molecule has 10 nitrogen and oxygen atoms in total. The molecule has 0 radical (unpaired) electrons. The van der Waals surface area contributed by atoms with Crippen molar-refractivity contribution in [3.63, 3.8) is 0 Å². The number of rotatable bonds is 12. The number of nitrogens with one attached hydrogen (secondary N) is 1. The number of sulfonamides is 1. The molecule has 2 aliphatic heterocycles. The number of benzene rings is 2. The molecule has 1 aliphatic carbocycles. The predicted molar refractivity (Wildman–Crippen MR) is 169 cm³/mol. The molecule has 3 fully saturated rings. The van der Waals surface area contributed by atoms with Gasteiger partial charge in [-0.3, -0.25) is 0 Å². The Balaban J connectivity index is 1.34. The number of amides is 1. The number of ether oxygens (including phenoxy) is 4. The summed E-state index contributed by atoms with van der Waals surface area (Å²) in [5, 5.41) is 14.5. The van der Waals surface area contributed by atoms with Crippen LogP contribution in [0, 0.1) is 23.2 Å². The van der Waals surface area contributed by atoms with Crippen LogP contribution in [0.25, 0.3) is 0 Å². The van der Waals surface area contributed by atoms with E-state index in [9.17, 15) is 18.3 Å². The first-order valence-electron chi connectivity index (χ1n) is 16.0. The van der Waals surface area contributed by atoms with E-state index in [1.807, 2.05) is 44.2 Å². The highest BCUT2D eigenvalue weighted by atomic mass is 32.2. The van der Waals surface area contributed by atoms with Gasteiger partial charge in [-0.05, 0) is 66.8 Å². The molecule has 2 aromatic rings. The Morgan fingerprint density at radius 2 is 1.80 bits per heavy atom. The number of carbonyl (C=O) groups excluding carboxylic acids is 1. The van der Waals surface area contributed by atoms with E-state index in [2.05, 4.69) is 19.2 Å². The number of aliphatic hydroxyl groups is 1. The van der Waals surface area contributed by atoms with Crippen molar-refractivity contribution >= 4 is 16.1 Å². The molecule has 2 saturated heterocycles. The summed E-state index contributed by atoms with van der Waals surface area (Å²) in [6, 6.07) is 14.9. The summed E-state index contributed by atoms with van der Waals surface area (Å²) in [6.07, 6.45) is 0.223. The first-order valence-corrected chi connectivity index (χ1v) is 17.4. The summed E-state index contributed by atoms with van der Waals surface area (Å²) in [5.41, 5.74) is 0.810. The molecule has 3 aliphatic rings. The molecule has 2 N–H and O–H groups in total. The van der Waals surface area contributed by atoms with Gasteiger partial charge in [0.2, 0.25) is 10.0 Å². The van der Waals surface area contributed by atoms with E-state index in [0.717, 1.165) is 18.4 Å². The zero-order valence-corrected chi connectivity index (χ0v) is 27.7. The lowest BCUT2D eigenvalue weighted by Gasteiger charge is -2.43. The predicted octanol–water partition coefficient (Wildman–Crippen LogP) is 4.61. The Kier molecular flexibility index (Phi) is 10.4. The third-order valence-electron chi connectivity index (χ3n) is 9.23.